The number of ether oxygens (including phenoxy) is 1. The van der Waals surface area contributed by atoms with Gasteiger partial charge >= 0.3 is 5.97 Å². The second-order valence-corrected chi connectivity index (χ2v) is 7.13. The Balaban J connectivity index is 1.48. The average molecular weight is 372 g/mol. The average Bonchev–Trinajstić information content (AvgIpc) is 3.26. The van der Waals surface area contributed by atoms with E-state index in [1.807, 2.05) is 48.0 Å². The number of hydrogen-bond donors (Lipinski definition) is 1. The van der Waals surface area contributed by atoms with Crippen molar-refractivity contribution in [3.8, 4) is 9.88 Å². The van der Waals surface area contributed by atoms with Gasteiger partial charge in [0.25, 0.3) is 5.91 Å². The molecule has 0 saturated heterocycles. The van der Waals surface area contributed by atoms with Crippen LogP contribution in [0.5, 0.6) is 0 Å². The molecule has 2 aromatic heterocycles. The molecule has 1 amide bonds. The molecule has 5 nitrogen and oxygen atoms in total. The Kier molecular flexibility index (Phi) is 5.57. The number of carbonyl (C=O) groups excluding carboxylic acids is 2. The molecule has 2 heterocycles. The molecule has 3 aromatic rings. The van der Waals surface area contributed by atoms with Gasteiger partial charge in [0, 0.05) is 11.1 Å². The first-order chi connectivity index (χ1) is 12.1. The highest BCUT2D eigenvalue weighted by Crippen LogP contribution is 2.27. The van der Waals surface area contributed by atoms with Crippen LogP contribution in [-0.4, -0.2) is 23.5 Å². The summed E-state index contributed by atoms with van der Waals surface area (Å²) in [6.07, 6.45) is 0.0551. The van der Waals surface area contributed by atoms with Gasteiger partial charge in [-0.3, -0.25) is 9.59 Å². The highest BCUT2D eigenvalue weighted by molar-refractivity contribution is 7.20. The molecule has 0 atom stereocenters. The number of aryl methyl sites for hydroxylation is 1. The number of thiazole rings is 1. The van der Waals surface area contributed by atoms with Crippen molar-refractivity contribution in [3.05, 3.63) is 58.4 Å². The van der Waals surface area contributed by atoms with E-state index in [4.69, 9.17) is 4.74 Å². The van der Waals surface area contributed by atoms with Crippen LogP contribution in [-0.2, 0) is 20.7 Å². The van der Waals surface area contributed by atoms with Crippen LogP contribution >= 0.6 is 22.7 Å². The number of amides is 1. The first-order valence-corrected chi connectivity index (χ1v) is 9.37. The van der Waals surface area contributed by atoms with Crippen LogP contribution in [0.15, 0.2) is 47.2 Å². The van der Waals surface area contributed by atoms with E-state index in [1.54, 1.807) is 17.4 Å². The zero-order chi connectivity index (χ0) is 17.6. The maximum Gasteiger partial charge on any atom is 0.312 e. The SMILES string of the molecule is Cc1ccccc1NC(=O)COC(=O)Cc1csc(-c2cccs2)n1. The van der Waals surface area contributed by atoms with Crippen molar-refractivity contribution in [2.45, 2.75) is 13.3 Å². The quantitative estimate of drug-likeness (QED) is 0.666. The van der Waals surface area contributed by atoms with Crippen molar-refractivity contribution in [1.29, 1.82) is 0 Å². The predicted molar refractivity (Wildman–Crippen MR) is 99.9 cm³/mol. The molecule has 1 N–H and O–H groups in total. The van der Waals surface area contributed by atoms with Gasteiger partial charge in [0.1, 0.15) is 5.01 Å². The number of carbonyl (C=O) groups is 2. The standard InChI is InChI=1S/C18H16N2O3S2/c1-12-5-2-3-6-14(12)20-16(21)10-23-17(22)9-13-11-25-18(19-13)15-7-4-8-24-15/h2-8,11H,9-10H2,1H3,(H,20,21). The number of aromatic nitrogens is 1. The summed E-state index contributed by atoms with van der Waals surface area (Å²) in [5.41, 5.74) is 2.31. The lowest BCUT2D eigenvalue weighted by molar-refractivity contribution is -0.146. The zero-order valence-electron chi connectivity index (χ0n) is 13.5. The van der Waals surface area contributed by atoms with Crippen LogP contribution in [0.1, 0.15) is 11.3 Å². The lowest BCUT2D eigenvalue weighted by atomic mass is 10.2. The van der Waals surface area contributed by atoms with Gasteiger partial charge in [-0.25, -0.2) is 4.98 Å². The van der Waals surface area contributed by atoms with Gasteiger partial charge in [0.05, 0.1) is 17.0 Å². The van der Waals surface area contributed by atoms with E-state index in [-0.39, 0.29) is 18.9 Å². The molecule has 25 heavy (non-hydrogen) atoms. The lowest BCUT2D eigenvalue weighted by Gasteiger charge is -2.08. The van der Waals surface area contributed by atoms with Crippen molar-refractivity contribution in [1.82, 2.24) is 4.98 Å². The monoisotopic (exact) mass is 372 g/mol. The third-order valence-electron chi connectivity index (χ3n) is 3.39. The molecular formula is C18H16N2O3S2. The number of thiophene rings is 1. The smallest absolute Gasteiger partial charge is 0.312 e. The second kappa shape index (κ2) is 8.04. The van der Waals surface area contributed by atoms with Crippen molar-refractivity contribution in [2.24, 2.45) is 0 Å². The summed E-state index contributed by atoms with van der Waals surface area (Å²) in [6, 6.07) is 11.4. The molecule has 0 saturated carbocycles. The number of nitrogens with one attached hydrogen (secondary N) is 1. The molecule has 0 radical (unpaired) electrons. The van der Waals surface area contributed by atoms with Crippen molar-refractivity contribution in [2.75, 3.05) is 11.9 Å². The first-order valence-electron chi connectivity index (χ1n) is 7.61. The number of hydrogen-bond acceptors (Lipinski definition) is 6. The summed E-state index contributed by atoms with van der Waals surface area (Å²) < 4.78 is 5.04. The summed E-state index contributed by atoms with van der Waals surface area (Å²) in [5.74, 6) is -0.830. The van der Waals surface area contributed by atoms with Gasteiger partial charge in [0.15, 0.2) is 6.61 Å². The molecule has 7 heteroatoms. The van der Waals surface area contributed by atoms with Crippen LogP contribution in [0, 0.1) is 6.92 Å². The van der Waals surface area contributed by atoms with E-state index in [1.165, 1.54) is 11.3 Å². The van der Waals surface area contributed by atoms with Gasteiger partial charge in [-0.05, 0) is 30.0 Å². The number of nitrogens with zero attached hydrogens (tertiary/aromatic N) is 1. The summed E-state index contributed by atoms with van der Waals surface area (Å²) in [6.45, 7) is 1.59. The summed E-state index contributed by atoms with van der Waals surface area (Å²) in [4.78, 5) is 29.3. The van der Waals surface area contributed by atoms with Crippen LogP contribution in [0.2, 0.25) is 0 Å². The summed E-state index contributed by atoms with van der Waals surface area (Å²) in [5, 5.41) is 7.43. The molecule has 0 fully saturated rings. The number of esters is 1. The van der Waals surface area contributed by atoms with Gasteiger partial charge < -0.3 is 10.1 Å². The molecule has 0 bridgehead atoms. The topological polar surface area (TPSA) is 68.3 Å². The van der Waals surface area contributed by atoms with Gasteiger partial charge in [-0.1, -0.05) is 24.3 Å². The molecule has 0 aliphatic carbocycles. The van der Waals surface area contributed by atoms with Crippen molar-refractivity contribution >= 4 is 40.2 Å². The number of para-hydroxylation sites is 1. The minimum atomic E-state index is -0.469. The summed E-state index contributed by atoms with van der Waals surface area (Å²) >= 11 is 3.09. The molecule has 0 unspecified atom stereocenters. The third kappa shape index (κ3) is 4.74. The fourth-order valence-corrected chi connectivity index (χ4v) is 3.78. The highest BCUT2D eigenvalue weighted by atomic mass is 32.1. The van der Waals surface area contributed by atoms with E-state index in [9.17, 15) is 9.59 Å². The lowest BCUT2D eigenvalue weighted by Crippen LogP contribution is -2.22. The Morgan fingerprint density at radius 2 is 2.00 bits per heavy atom. The van der Waals surface area contributed by atoms with Gasteiger partial charge in [0.2, 0.25) is 0 Å². The Bertz CT molecular complexity index is 872. The van der Waals surface area contributed by atoms with E-state index < -0.39 is 5.97 Å². The minimum absolute atomic E-state index is 0.0551. The highest BCUT2D eigenvalue weighted by Gasteiger charge is 2.12. The van der Waals surface area contributed by atoms with Gasteiger partial charge in [-0.15, -0.1) is 22.7 Å². The zero-order valence-corrected chi connectivity index (χ0v) is 15.2. The number of rotatable bonds is 6. The summed E-state index contributed by atoms with van der Waals surface area (Å²) in [7, 11) is 0. The number of anilines is 1. The third-order valence-corrected chi connectivity index (χ3v) is 5.32. The predicted octanol–water partition coefficient (Wildman–Crippen LogP) is 3.90. The normalized spacial score (nSPS) is 10.4. The Labute approximate surface area is 153 Å². The van der Waals surface area contributed by atoms with Crippen LogP contribution in [0.3, 0.4) is 0 Å². The molecule has 1 aromatic carbocycles. The van der Waals surface area contributed by atoms with E-state index in [0.717, 1.165) is 15.4 Å². The van der Waals surface area contributed by atoms with Crippen LogP contribution in [0.4, 0.5) is 5.69 Å². The second-order valence-electron chi connectivity index (χ2n) is 5.32. The number of benzene rings is 1. The molecule has 128 valence electrons. The molecular weight excluding hydrogens is 356 g/mol. The Hall–Kier alpha value is -2.51. The molecule has 0 aliphatic rings. The fourth-order valence-electron chi connectivity index (χ4n) is 2.15. The first kappa shape index (κ1) is 17.3. The van der Waals surface area contributed by atoms with Crippen molar-refractivity contribution in [3.63, 3.8) is 0 Å². The Morgan fingerprint density at radius 1 is 1.16 bits per heavy atom. The van der Waals surface area contributed by atoms with E-state index in [2.05, 4.69) is 10.3 Å². The van der Waals surface area contributed by atoms with E-state index in [0.29, 0.717) is 11.4 Å². The van der Waals surface area contributed by atoms with Crippen LogP contribution < -0.4 is 5.32 Å². The maximum absolute atomic E-state index is 11.9. The Morgan fingerprint density at radius 3 is 2.76 bits per heavy atom. The van der Waals surface area contributed by atoms with Crippen molar-refractivity contribution < 1.29 is 14.3 Å². The fraction of sp³-hybridized carbons (Fsp3) is 0.167. The molecule has 0 spiro atoms. The minimum Gasteiger partial charge on any atom is -0.455 e. The molecule has 0 aliphatic heterocycles. The molecule has 3 rings (SSSR count). The van der Waals surface area contributed by atoms with E-state index >= 15 is 0 Å². The van der Waals surface area contributed by atoms with Gasteiger partial charge in [-0.2, -0.15) is 0 Å². The van der Waals surface area contributed by atoms with Crippen LogP contribution in [0.25, 0.3) is 9.88 Å². The maximum atomic E-state index is 11.9. The largest absolute Gasteiger partial charge is 0.455 e.